The van der Waals surface area contributed by atoms with Crippen molar-refractivity contribution in [2.45, 2.75) is 26.7 Å². The molecule has 76 valence electrons. The molecule has 0 aliphatic rings. The lowest BCUT2D eigenvalue weighted by atomic mass is 9.96. The molecule has 0 heterocycles. The first kappa shape index (κ1) is 10.5. The highest BCUT2D eigenvalue weighted by Gasteiger charge is 2.16. The van der Waals surface area contributed by atoms with E-state index in [0.29, 0.717) is 11.3 Å². The SMILES string of the molecule is Cc1c(C(C)C)cc(N)cc1[N+](=O)[O-]. The second-order valence-corrected chi connectivity index (χ2v) is 3.67. The van der Waals surface area contributed by atoms with Gasteiger partial charge in [-0.05, 0) is 24.5 Å². The molecule has 0 spiro atoms. The van der Waals surface area contributed by atoms with Gasteiger partial charge in [0.15, 0.2) is 0 Å². The van der Waals surface area contributed by atoms with Crippen molar-refractivity contribution in [3.05, 3.63) is 33.4 Å². The minimum Gasteiger partial charge on any atom is -0.399 e. The summed E-state index contributed by atoms with van der Waals surface area (Å²) >= 11 is 0. The summed E-state index contributed by atoms with van der Waals surface area (Å²) in [5.41, 5.74) is 7.80. The Bertz CT molecular complexity index is 373. The van der Waals surface area contributed by atoms with Gasteiger partial charge in [0.05, 0.1) is 4.92 Å². The molecule has 4 nitrogen and oxygen atoms in total. The van der Waals surface area contributed by atoms with E-state index in [0.717, 1.165) is 5.56 Å². The van der Waals surface area contributed by atoms with Gasteiger partial charge in [-0.15, -0.1) is 0 Å². The second kappa shape index (κ2) is 3.65. The quantitative estimate of drug-likeness (QED) is 0.447. The standard InChI is InChI=1S/C10H14N2O2/c1-6(2)9-4-8(11)5-10(7(9)3)12(13)14/h4-6H,11H2,1-3H3. The number of hydrogen-bond acceptors (Lipinski definition) is 3. The second-order valence-electron chi connectivity index (χ2n) is 3.67. The van der Waals surface area contributed by atoms with Crippen molar-refractivity contribution in [1.82, 2.24) is 0 Å². The fraction of sp³-hybridized carbons (Fsp3) is 0.400. The molecule has 0 aliphatic heterocycles. The largest absolute Gasteiger partial charge is 0.399 e. The maximum Gasteiger partial charge on any atom is 0.274 e. The Hall–Kier alpha value is -1.58. The summed E-state index contributed by atoms with van der Waals surface area (Å²) in [5, 5.41) is 10.7. The van der Waals surface area contributed by atoms with Gasteiger partial charge in [-0.3, -0.25) is 10.1 Å². The van der Waals surface area contributed by atoms with Crippen LogP contribution in [0.5, 0.6) is 0 Å². The lowest BCUT2D eigenvalue weighted by molar-refractivity contribution is -0.385. The van der Waals surface area contributed by atoms with Gasteiger partial charge < -0.3 is 5.73 Å². The fourth-order valence-electron chi connectivity index (χ4n) is 1.53. The van der Waals surface area contributed by atoms with Crippen LogP contribution in [-0.4, -0.2) is 4.92 Å². The zero-order valence-electron chi connectivity index (χ0n) is 8.57. The molecule has 0 fully saturated rings. The van der Waals surface area contributed by atoms with Crippen LogP contribution >= 0.6 is 0 Å². The minimum atomic E-state index is -0.391. The third-order valence-corrected chi connectivity index (χ3v) is 2.26. The highest BCUT2D eigenvalue weighted by atomic mass is 16.6. The topological polar surface area (TPSA) is 69.2 Å². The number of benzene rings is 1. The van der Waals surface area contributed by atoms with Crippen molar-refractivity contribution >= 4 is 11.4 Å². The predicted octanol–water partition coefficient (Wildman–Crippen LogP) is 2.61. The maximum atomic E-state index is 10.7. The van der Waals surface area contributed by atoms with Gasteiger partial charge in [0, 0.05) is 17.3 Å². The molecule has 0 atom stereocenters. The number of nitrogens with zero attached hydrogens (tertiary/aromatic N) is 1. The smallest absolute Gasteiger partial charge is 0.274 e. The van der Waals surface area contributed by atoms with E-state index in [4.69, 9.17) is 5.73 Å². The van der Waals surface area contributed by atoms with E-state index in [1.807, 2.05) is 13.8 Å². The van der Waals surface area contributed by atoms with Gasteiger partial charge in [0.25, 0.3) is 5.69 Å². The zero-order chi connectivity index (χ0) is 10.9. The summed E-state index contributed by atoms with van der Waals surface area (Å²) in [4.78, 5) is 10.3. The van der Waals surface area contributed by atoms with Crippen LogP contribution in [0, 0.1) is 17.0 Å². The summed E-state index contributed by atoms with van der Waals surface area (Å²) in [5.74, 6) is 0.247. The lowest BCUT2D eigenvalue weighted by Crippen LogP contribution is -2.00. The van der Waals surface area contributed by atoms with Gasteiger partial charge in [-0.1, -0.05) is 13.8 Å². The monoisotopic (exact) mass is 194 g/mol. The molecule has 4 heteroatoms. The Morgan fingerprint density at radius 3 is 2.43 bits per heavy atom. The predicted molar refractivity (Wildman–Crippen MR) is 56.3 cm³/mol. The van der Waals surface area contributed by atoms with Crippen molar-refractivity contribution in [1.29, 1.82) is 0 Å². The molecular formula is C10H14N2O2. The molecule has 1 rings (SSSR count). The summed E-state index contributed by atoms with van der Waals surface area (Å²) in [6.07, 6.45) is 0. The van der Waals surface area contributed by atoms with E-state index >= 15 is 0 Å². The lowest BCUT2D eigenvalue weighted by Gasteiger charge is -2.10. The number of hydrogen-bond donors (Lipinski definition) is 1. The molecule has 0 aromatic heterocycles. The van der Waals surface area contributed by atoms with Crippen LogP contribution in [0.2, 0.25) is 0 Å². The highest BCUT2D eigenvalue weighted by Crippen LogP contribution is 2.29. The Balaban J connectivity index is 3.40. The third kappa shape index (κ3) is 1.84. The van der Waals surface area contributed by atoms with E-state index in [9.17, 15) is 10.1 Å². The molecule has 1 aromatic rings. The summed E-state index contributed by atoms with van der Waals surface area (Å²) in [6, 6.07) is 3.20. The summed E-state index contributed by atoms with van der Waals surface area (Å²) in [6.45, 7) is 5.74. The van der Waals surface area contributed by atoms with Gasteiger partial charge >= 0.3 is 0 Å². The van der Waals surface area contributed by atoms with Crippen molar-refractivity contribution in [3.8, 4) is 0 Å². The molecule has 0 saturated carbocycles. The first-order valence-electron chi connectivity index (χ1n) is 4.48. The average molecular weight is 194 g/mol. The minimum absolute atomic E-state index is 0.105. The molecule has 2 N–H and O–H groups in total. The highest BCUT2D eigenvalue weighted by molar-refractivity contribution is 5.57. The number of nitro benzene ring substituents is 1. The maximum absolute atomic E-state index is 10.7. The number of nitrogens with two attached hydrogens (primary N) is 1. The van der Waals surface area contributed by atoms with Crippen molar-refractivity contribution in [2.75, 3.05) is 5.73 Å². The number of rotatable bonds is 2. The summed E-state index contributed by atoms with van der Waals surface area (Å²) < 4.78 is 0. The van der Waals surface area contributed by atoms with Gasteiger partial charge in [-0.25, -0.2) is 0 Å². The molecule has 0 bridgehead atoms. The molecular weight excluding hydrogens is 180 g/mol. The molecule has 0 saturated heterocycles. The van der Waals surface area contributed by atoms with Crippen LogP contribution in [0.15, 0.2) is 12.1 Å². The molecule has 0 radical (unpaired) electrons. The van der Waals surface area contributed by atoms with Crippen LogP contribution in [0.1, 0.15) is 30.9 Å². The molecule has 1 aromatic carbocycles. The van der Waals surface area contributed by atoms with E-state index in [2.05, 4.69) is 0 Å². The van der Waals surface area contributed by atoms with Crippen LogP contribution in [-0.2, 0) is 0 Å². The fourth-order valence-corrected chi connectivity index (χ4v) is 1.53. The Kier molecular flexibility index (Phi) is 2.74. The summed E-state index contributed by atoms with van der Waals surface area (Å²) in [7, 11) is 0. The van der Waals surface area contributed by atoms with Crippen molar-refractivity contribution in [2.24, 2.45) is 0 Å². The normalized spacial score (nSPS) is 10.6. The molecule has 0 unspecified atom stereocenters. The zero-order valence-corrected chi connectivity index (χ0v) is 8.57. The van der Waals surface area contributed by atoms with E-state index in [1.165, 1.54) is 6.07 Å². The van der Waals surface area contributed by atoms with E-state index in [-0.39, 0.29) is 11.6 Å². The number of anilines is 1. The first-order valence-corrected chi connectivity index (χ1v) is 4.48. The van der Waals surface area contributed by atoms with Crippen LogP contribution in [0.4, 0.5) is 11.4 Å². The van der Waals surface area contributed by atoms with Crippen LogP contribution in [0.25, 0.3) is 0 Å². The number of nitro groups is 1. The van der Waals surface area contributed by atoms with E-state index < -0.39 is 4.92 Å². The Labute approximate surface area is 82.9 Å². The molecule has 0 amide bonds. The van der Waals surface area contributed by atoms with Gasteiger partial charge in [0.2, 0.25) is 0 Å². The first-order chi connectivity index (χ1) is 6.43. The van der Waals surface area contributed by atoms with Crippen molar-refractivity contribution in [3.63, 3.8) is 0 Å². The van der Waals surface area contributed by atoms with Crippen molar-refractivity contribution < 1.29 is 4.92 Å². The van der Waals surface area contributed by atoms with Crippen LogP contribution in [0.3, 0.4) is 0 Å². The third-order valence-electron chi connectivity index (χ3n) is 2.26. The molecule has 14 heavy (non-hydrogen) atoms. The van der Waals surface area contributed by atoms with E-state index in [1.54, 1.807) is 13.0 Å². The van der Waals surface area contributed by atoms with Gasteiger partial charge in [0.1, 0.15) is 0 Å². The van der Waals surface area contributed by atoms with Gasteiger partial charge in [-0.2, -0.15) is 0 Å². The number of nitrogen functional groups attached to an aromatic ring is 1. The average Bonchev–Trinajstić information content (AvgIpc) is 2.07. The molecule has 0 aliphatic carbocycles. The van der Waals surface area contributed by atoms with Crippen LogP contribution < -0.4 is 5.73 Å². The Morgan fingerprint density at radius 1 is 1.43 bits per heavy atom. The Morgan fingerprint density at radius 2 is 2.00 bits per heavy atom.